The second-order valence-corrected chi connectivity index (χ2v) is 7.56. The van der Waals surface area contributed by atoms with Crippen LogP contribution in [0.1, 0.15) is 36.1 Å². The van der Waals surface area contributed by atoms with Crippen molar-refractivity contribution in [3.8, 4) is 0 Å². The third-order valence-corrected chi connectivity index (χ3v) is 6.04. The highest BCUT2D eigenvalue weighted by atomic mass is 14.9. The Morgan fingerprint density at radius 1 is 0.913 bits per heavy atom. The summed E-state index contributed by atoms with van der Waals surface area (Å²) in [6.07, 6.45) is 17.2. The Bertz CT molecular complexity index is 923. The van der Waals surface area contributed by atoms with E-state index in [2.05, 4.69) is 67.7 Å². The minimum Gasteiger partial charge on any atom is -0.319 e. The van der Waals surface area contributed by atoms with E-state index in [1.54, 1.807) is 0 Å². The fourth-order valence-corrected chi connectivity index (χ4v) is 4.75. The van der Waals surface area contributed by atoms with Crippen LogP contribution in [0, 0.1) is 0 Å². The van der Waals surface area contributed by atoms with Crippen molar-refractivity contribution in [2.75, 3.05) is 0 Å². The quantitative estimate of drug-likeness (QED) is 0.772. The summed E-state index contributed by atoms with van der Waals surface area (Å²) in [6.45, 7) is 4.31. The molecule has 114 valence electrons. The van der Waals surface area contributed by atoms with Crippen LogP contribution in [0.4, 0.5) is 0 Å². The lowest BCUT2D eigenvalue weighted by Crippen LogP contribution is -2.51. The molecule has 2 heteroatoms. The average Bonchev–Trinajstić information content (AvgIpc) is 2.73. The zero-order valence-corrected chi connectivity index (χ0v) is 13.4. The SMILES string of the molecule is CC1(N)C=Cc2ccc3c4c2C(=C1)C1(N)C=CC(=CC=C3)C41C. The molecule has 4 aliphatic carbocycles. The maximum absolute atomic E-state index is 7.05. The van der Waals surface area contributed by atoms with Crippen LogP contribution in [-0.4, -0.2) is 11.1 Å². The topological polar surface area (TPSA) is 52.0 Å². The number of rotatable bonds is 0. The molecular formula is C21H20N2. The maximum atomic E-state index is 7.05. The average molecular weight is 300 g/mol. The molecule has 3 atom stereocenters. The Hall–Kier alpha value is -2.16. The zero-order chi connectivity index (χ0) is 16.0. The summed E-state index contributed by atoms with van der Waals surface area (Å²) in [4.78, 5) is 0. The Balaban J connectivity index is 2.01. The molecule has 2 nitrogen and oxygen atoms in total. The highest BCUT2D eigenvalue weighted by Crippen LogP contribution is 2.62. The molecule has 0 aliphatic heterocycles. The predicted octanol–water partition coefficient (Wildman–Crippen LogP) is 3.31. The Morgan fingerprint density at radius 2 is 1.70 bits per heavy atom. The van der Waals surface area contributed by atoms with Gasteiger partial charge in [0, 0.05) is 5.41 Å². The molecule has 0 radical (unpaired) electrons. The fraction of sp³-hybridized carbons (Fsp3) is 0.238. The summed E-state index contributed by atoms with van der Waals surface area (Å²) in [7, 11) is 0. The molecule has 1 aromatic rings. The van der Waals surface area contributed by atoms with Crippen LogP contribution < -0.4 is 11.5 Å². The number of benzene rings is 1. The molecule has 3 unspecified atom stereocenters. The van der Waals surface area contributed by atoms with Crippen molar-refractivity contribution in [1.29, 1.82) is 0 Å². The van der Waals surface area contributed by atoms with Crippen molar-refractivity contribution in [3.05, 3.63) is 76.4 Å². The number of allylic oxidation sites excluding steroid dienone is 3. The second kappa shape index (κ2) is 3.66. The molecule has 0 aromatic heterocycles. The first-order valence-corrected chi connectivity index (χ1v) is 8.13. The first kappa shape index (κ1) is 13.3. The number of nitrogens with two attached hydrogens (primary N) is 2. The molecule has 0 saturated carbocycles. The minimum absolute atomic E-state index is 0.232. The van der Waals surface area contributed by atoms with E-state index >= 15 is 0 Å². The molecule has 0 amide bonds. The van der Waals surface area contributed by atoms with Gasteiger partial charge in [-0.05, 0) is 47.2 Å². The van der Waals surface area contributed by atoms with Crippen LogP contribution in [0.2, 0.25) is 0 Å². The second-order valence-electron chi connectivity index (χ2n) is 7.56. The van der Waals surface area contributed by atoms with Gasteiger partial charge in [-0.3, -0.25) is 0 Å². The van der Waals surface area contributed by atoms with Gasteiger partial charge in [0.25, 0.3) is 0 Å². The van der Waals surface area contributed by atoms with Crippen molar-refractivity contribution in [1.82, 2.24) is 0 Å². The van der Waals surface area contributed by atoms with Gasteiger partial charge >= 0.3 is 0 Å². The molecule has 1 aromatic carbocycles. The molecule has 0 spiro atoms. The normalized spacial score (nSPS) is 38.1. The first-order chi connectivity index (χ1) is 10.9. The molecule has 4 aliphatic rings. The molecular weight excluding hydrogens is 280 g/mol. The summed E-state index contributed by atoms with van der Waals surface area (Å²) in [6, 6.07) is 4.39. The van der Waals surface area contributed by atoms with E-state index < -0.39 is 11.1 Å². The molecule has 0 bridgehead atoms. The van der Waals surface area contributed by atoms with Gasteiger partial charge in [-0.25, -0.2) is 0 Å². The van der Waals surface area contributed by atoms with Crippen molar-refractivity contribution >= 4 is 17.7 Å². The smallest absolute Gasteiger partial charge is 0.0739 e. The maximum Gasteiger partial charge on any atom is 0.0739 e. The number of fused-ring (bicyclic) bond motifs is 1. The third kappa shape index (κ3) is 1.33. The first-order valence-electron chi connectivity index (χ1n) is 8.13. The third-order valence-electron chi connectivity index (χ3n) is 6.04. The van der Waals surface area contributed by atoms with Crippen LogP contribution in [0.5, 0.6) is 0 Å². The number of hydrogen-bond acceptors (Lipinski definition) is 2. The van der Waals surface area contributed by atoms with Gasteiger partial charge in [-0.2, -0.15) is 0 Å². The molecule has 0 fully saturated rings. The Morgan fingerprint density at radius 3 is 2.52 bits per heavy atom. The zero-order valence-electron chi connectivity index (χ0n) is 13.4. The van der Waals surface area contributed by atoms with Crippen LogP contribution in [0.15, 0.2) is 54.2 Å². The lowest BCUT2D eigenvalue weighted by atomic mass is 9.69. The van der Waals surface area contributed by atoms with Gasteiger partial charge in [0.15, 0.2) is 0 Å². The van der Waals surface area contributed by atoms with E-state index in [1.807, 2.05) is 6.92 Å². The number of hydrogen-bond donors (Lipinski definition) is 2. The summed E-state index contributed by atoms with van der Waals surface area (Å²) in [5, 5.41) is 0. The molecule has 5 rings (SSSR count). The summed E-state index contributed by atoms with van der Waals surface area (Å²) < 4.78 is 0. The van der Waals surface area contributed by atoms with Crippen molar-refractivity contribution in [3.63, 3.8) is 0 Å². The highest BCUT2D eigenvalue weighted by molar-refractivity contribution is 5.97. The minimum atomic E-state index is -0.537. The van der Waals surface area contributed by atoms with Crippen molar-refractivity contribution < 1.29 is 0 Å². The van der Waals surface area contributed by atoms with E-state index in [0.717, 1.165) is 5.57 Å². The van der Waals surface area contributed by atoms with Crippen LogP contribution in [0.25, 0.3) is 17.7 Å². The molecule has 0 heterocycles. The Kier molecular flexibility index (Phi) is 2.12. The lowest BCUT2D eigenvalue weighted by molar-refractivity contribution is 0.465. The van der Waals surface area contributed by atoms with E-state index in [0.29, 0.717) is 0 Å². The molecule has 0 saturated heterocycles. The van der Waals surface area contributed by atoms with Gasteiger partial charge in [0.05, 0.1) is 11.1 Å². The van der Waals surface area contributed by atoms with Gasteiger partial charge in [-0.15, -0.1) is 0 Å². The molecule has 23 heavy (non-hydrogen) atoms. The summed E-state index contributed by atoms with van der Waals surface area (Å²) >= 11 is 0. The Labute approximate surface area is 136 Å². The van der Waals surface area contributed by atoms with E-state index in [4.69, 9.17) is 11.5 Å². The highest BCUT2D eigenvalue weighted by Gasteiger charge is 2.60. The monoisotopic (exact) mass is 300 g/mol. The van der Waals surface area contributed by atoms with Crippen LogP contribution in [0.3, 0.4) is 0 Å². The van der Waals surface area contributed by atoms with Crippen molar-refractivity contribution in [2.45, 2.75) is 30.3 Å². The van der Waals surface area contributed by atoms with Gasteiger partial charge in [0.2, 0.25) is 0 Å². The standard InChI is InChI=1S/C21H20N2/c1-19(22)10-8-13-6-7-14-4-3-5-15-9-11-21(23)16(12-19)17(13)18(14)20(15,21)2/h3-12H,22-23H2,1-2H3. The van der Waals surface area contributed by atoms with E-state index in [1.165, 1.54) is 27.8 Å². The lowest BCUT2D eigenvalue weighted by Gasteiger charge is -2.37. The fourth-order valence-electron chi connectivity index (χ4n) is 4.75. The van der Waals surface area contributed by atoms with Gasteiger partial charge in [-0.1, -0.05) is 60.7 Å². The predicted molar refractivity (Wildman–Crippen MR) is 96.6 cm³/mol. The largest absolute Gasteiger partial charge is 0.319 e. The summed E-state index contributed by atoms with van der Waals surface area (Å²) in [5.41, 5.74) is 19.8. The van der Waals surface area contributed by atoms with Crippen molar-refractivity contribution in [2.24, 2.45) is 11.5 Å². The molecule has 4 N–H and O–H groups in total. The van der Waals surface area contributed by atoms with Crippen LogP contribution in [-0.2, 0) is 5.41 Å². The van der Waals surface area contributed by atoms with E-state index in [9.17, 15) is 0 Å². The van der Waals surface area contributed by atoms with Crippen LogP contribution >= 0.6 is 0 Å². The van der Waals surface area contributed by atoms with Gasteiger partial charge < -0.3 is 11.5 Å². The summed E-state index contributed by atoms with van der Waals surface area (Å²) in [5.74, 6) is 0. The van der Waals surface area contributed by atoms with Gasteiger partial charge in [0.1, 0.15) is 0 Å². The van der Waals surface area contributed by atoms with E-state index in [-0.39, 0.29) is 5.41 Å².